The molecule has 0 aliphatic heterocycles. The van der Waals surface area contributed by atoms with Crippen LogP contribution in [-0.4, -0.2) is 26.9 Å². The minimum absolute atomic E-state index is 0.447. The molecule has 0 fully saturated rings. The third-order valence-corrected chi connectivity index (χ3v) is 2.88. The molecule has 4 heteroatoms. The fourth-order valence-electron chi connectivity index (χ4n) is 1.99. The third-order valence-electron chi connectivity index (χ3n) is 2.88. The van der Waals surface area contributed by atoms with Crippen molar-refractivity contribution >= 4 is 0 Å². The minimum Gasteiger partial charge on any atom is -0.496 e. The van der Waals surface area contributed by atoms with Gasteiger partial charge in [-0.2, -0.15) is 0 Å². The molecule has 0 radical (unpaired) electrons. The molecule has 0 aliphatic carbocycles. The van der Waals surface area contributed by atoms with Crippen LogP contribution in [0.25, 0.3) is 0 Å². The molecule has 1 rings (SSSR count). The number of rotatable bonds is 7. The summed E-state index contributed by atoms with van der Waals surface area (Å²) in [7, 11) is 3.25. The zero-order valence-electron chi connectivity index (χ0n) is 11.3. The monoisotopic (exact) mass is 255 g/mol. The van der Waals surface area contributed by atoms with E-state index < -0.39 is 12.7 Å². The number of ether oxygens (including phenoxy) is 2. The van der Waals surface area contributed by atoms with Crippen molar-refractivity contribution in [1.82, 2.24) is 0 Å². The van der Waals surface area contributed by atoms with E-state index in [-0.39, 0.29) is 0 Å². The van der Waals surface area contributed by atoms with Gasteiger partial charge in [-0.25, -0.2) is 4.39 Å². The molecule has 0 amide bonds. The zero-order valence-corrected chi connectivity index (χ0v) is 11.3. The Balaban J connectivity index is 3.09. The molecular formula is C14H22FNO2. The standard InChI is InChI=1S/C14H22FNO2/c1-4-5-10-7-14(18-3)11(6-12(16)9-15)8-13(10)17-2/h7-8,12H,4-6,9,16H2,1-3H3. The number of hydrogen-bond acceptors (Lipinski definition) is 3. The van der Waals surface area contributed by atoms with Crippen molar-refractivity contribution in [3.05, 3.63) is 23.3 Å². The Bertz CT molecular complexity index is 382. The van der Waals surface area contributed by atoms with Gasteiger partial charge in [0.2, 0.25) is 0 Å². The molecule has 1 aromatic carbocycles. The van der Waals surface area contributed by atoms with Gasteiger partial charge >= 0.3 is 0 Å². The number of aryl methyl sites for hydroxylation is 1. The first-order chi connectivity index (χ1) is 8.65. The highest BCUT2D eigenvalue weighted by Gasteiger charge is 2.13. The van der Waals surface area contributed by atoms with E-state index in [1.807, 2.05) is 12.1 Å². The normalized spacial score (nSPS) is 12.3. The SMILES string of the molecule is CCCc1cc(OC)c(CC(N)CF)cc1OC. The van der Waals surface area contributed by atoms with Gasteiger partial charge in [-0.3, -0.25) is 0 Å². The van der Waals surface area contributed by atoms with E-state index in [0.29, 0.717) is 6.42 Å². The van der Waals surface area contributed by atoms with Crippen molar-refractivity contribution in [2.45, 2.75) is 32.2 Å². The summed E-state index contributed by atoms with van der Waals surface area (Å²) in [4.78, 5) is 0. The van der Waals surface area contributed by atoms with Crippen molar-refractivity contribution in [3.8, 4) is 11.5 Å². The molecule has 0 aliphatic rings. The minimum atomic E-state index is -0.540. The Morgan fingerprint density at radius 1 is 1.17 bits per heavy atom. The highest BCUT2D eigenvalue weighted by Crippen LogP contribution is 2.30. The van der Waals surface area contributed by atoms with Crippen LogP contribution < -0.4 is 15.2 Å². The Labute approximate surface area is 108 Å². The third kappa shape index (κ3) is 3.60. The Morgan fingerprint density at radius 3 is 2.22 bits per heavy atom. The molecule has 3 nitrogen and oxygen atoms in total. The molecular weight excluding hydrogens is 233 g/mol. The molecule has 0 heterocycles. The van der Waals surface area contributed by atoms with Gasteiger partial charge in [0.15, 0.2) is 0 Å². The number of benzene rings is 1. The summed E-state index contributed by atoms with van der Waals surface area (Å²) in [5, 5.41) is 0. The first-order valence-electron chi connectivity index (χ1n) is 6.21. The van der Waals surface area contributed by atoms with Crippen LogP contribution in [0.4, 0.5) is 4.39 Å². The lowest BCUT2D eigenvalue weighted by molar-refractivity contribution is 0.386. The zero-order chi connectivity index (χ0) is 13.5. The second-order valence-electron chi connectivity index (χ2n) is 4.34. The van der Waals surface area contributed by atoms with E-state index in [9.17, 15) is 4.39 Å². The fourth-order valence-corrected chi connectivity index (χ4v) is 1.99. The van der Waals surface area contributed by atoms with Gasteiger partial charge in [0.05, 0.1) is 14.2 Å². The predicted octanol–water partition coefficient (Wildman–Crippen LogP) is 2.50. The quantitative estimate of drug-likeness (QED) is 0.814. The summed E-state index contributed by atoms with van der Waals surface area (Å²) in [6.45, 7) is 1.57. The maximum absolute atomic E-state index is 12.5. The van der Waals surface area contributed by atoms with Crippen molar-refractivity contribution in [1.29, 1.82) is 0 Å². The summed E-state index contributed by atoms with van der Waals surface area (Å²) in [5.41, 5.74) is 7.64. The summed E-state index contributed by atoms with van der Waals surface area (Å²) in [5.74, 6) is 1.57. The number of halogens is 1. The smallest absolute Gasteiger partial charge is 0.122 e. The van der Waals surface area contributed by atoms with Crippen LogP contribution in [0.3, 0.4) is 0 Å². The van der Waals surface area contributed by atoms with Crippen LogP contribution >= 0.6 is 0 Å². The van der Waals surface area contributed by atoms with E-state index in [1.165, 1.54) is 0 Å². The predicted molar refractivity (Wildman–Crippen MR) is 71.2 cm³/mol. The number of nitrogens with two attached hydrogens (primary N) is 1. The van der Waals surface area contributed by atoms with E-state index in [0.717, 1.165) is 35.5 Å². The van der Waals surface area contributed by atoms with Crippen LogP contribution in [-0.2, 0) is 12.8 Å². The first kappa shape index (κ1) is 14.8. The molecule has 0 aromatic heterocycles. The maximum atomic E-state index is 12.5. The van der Waals surface area contributed by atoms with E-state index in [2.05, 4.69) is 6.92 Å². The largest absolute Gasteiger partial charge is 0.496 e. The van der Waals surface area contributed by atoms with Gasteiger partial charge in [-0.15, -0.1) is 0 Å². The fraction of sp³-hybridized carbons (Fsp3) is 0.571. The van der Waals surface area contributed by atoms with Crippen molar-refractivity contribution in [2.75, 3.05) is 20.9 Å². The highest BCUT2D eigenvalue weighted by molar-refractivity contribution is 5.47. The van der Waals surface area contributed by atoms with Gasteiger partial charge in [0, 0.05) is 6.04 Å². The van der Waals surface area contributed by atoms with E-state index in [4.69, 9.17) is 15.2 Å². The Hall–Kier alpha value is -1.29. The van der Waals surface area contributed by atoms with Crippen LogP contribution in [0.5, 0.6) is 11.5 Å². The van der Waals surface area contributed by atoms with Crippen LogP contribution in [0.2, 0.25) is 0 Å². The van der Waals surface area contributed by atoms with Crippen LogP contribution in [0, 0.1) is 0 Å². The summed E-state index contributed by atoms with van der Waals surface area (Å²) in [6.07, 6.45) is 2.40. The number of hydrogen-bond donors (Lipinski definition) is 1. The molecule has 2 N–H and O–H groups in total. The number of alkyl halides is 1. The van der Waals surface area contributed by atoms with E-state index >= 15 is 0 Å². The van der Waals surface area contributed by atoms with Gasteiger partial charge in [0.25, 0.3) is 0 Å². The topological polar surface area (TPSA) is 44.5 Å². The summed E-state index contributed by atoms with van der Waals surface area (Å²) >= 11 is 0. The molecule has 0 saturated carbocycles. The molecule has 102 valence electrons. The van der Waals surface area contributed by atoms with Crippen LogP contribution in [0.1, 0.15) is 24.5 Å². The molecule has 0 bridgehead atoms. The Kier molecular flexibility index (Phi) is 5.92. The second-order valence-corrected chi connectivity index (χ2v) is 4.34. The van der Waals surface area contributed by atoms with Crippen LogP contribution in [0.15, 0.2) is 12.1 Å². The molecule has 0 saturated heterocycles. The van der Waals surface area contributed by atoms with Crippen molar-refractivity contribution < 1.29 is 13.9 Å². The van der Waals surface area contributed by atoms with Gasteiger partial charge in [0.1, 0.15) is 18.2 Å². The Morgan fingerprint density at radius 2 is 1.72 bits per heavy atom. The molecule has 1 unspecified atom stereocenters. The highest BCUT2D eigenvalue weighted by atomic mass is 19.1. The summed E-state index contributed by atoms with van der Waals surface area (Å²) < 4.78 is 23.2. The molecule has 18 heavy (non-hydrogen) atoms. The second kappa shape index (κ2) is 7.21. The average Bonchev–Trinajstić information content (AvgIpc) is 2.39. The van der Waals surface area contributed by atoms with Gasteiger partial charge in [-0.1, -0.05) is 13.3 Å². The number of methoxy groups -OCH3 is 2. The maximum Gasteiger partial charge on any atom is 0.122 e. The van der Waals surface area contributed by atoms with Gasteiger partial charge < -0.3 is 15.2 Å². The molecule has 1 aromatic rings. The van der Waals surface area contributed by atoms with E-state index in [1.54, 1.807) is 14.2 Å². The van der Waals surface area contributed by atoms with Gasteiger partial charge in [-0.05, 0) is 36.1 Å². The lowest BCUT2D eigenvalue weighted by Crippen LogP contribution is -2.25. The lowest BCUT2D eigenvalue weighted by Gasteiger charge is -2.16. The first-order valence-corrected chi connectivity index (χ1v) is 6.21. The molecule has 1 atom stereocenters. The summed E-state index contributed by atoms with van der Waals surface area (Å²) in [6, 6.07) is 3.36. The van der Waals surface area contributed by atoms with Crippen molar-refractivity contribution in [2.24, 2.45) is 5.73 Å². The average molecular weight is 255 g/mol. The lowest BCUT2D eigenvalue weighted by atomic mass is 10.0. The van der Waals surface area contributed by atoms with Crippen molar-refractivity contribution in [3.63, 3.8) is 0 Å². The molecule has 0 spiro atoms.